The molecule has 6 heteroatoms. The van der Waals surface area contributed by atoms with Crippen LogP contribution in [0, 0.1) is 12.7 Å². The highest BCUT2D eigenvalue weighted by Gasteiger charge is 2.19. The van der Waals surface area contributed by atoms with Crippen LogP contribution in [0.2, 0.25) is 0 Å². The molecule has 0 spiro atoms. The van der Waals surface area contributed by atoms with E-state index in [-0.39, 0.29) is 17.3 Å². The molecule has 2 aromatic rings. The lowest BCUT2D eigenvalue weighted by atomic mass is 10.2. The van der Waals surface area contributed by atoms with E-state index in [2.05, 4.69) is 9.97 Å². The van der Waals surface area contributed by atoms with E-state index in [1.165, 1.54) is 23.9 Å². The van der Waals surface area contributed by atoms with Gasteiger partial charge in [0.25, 0.3) is 0 Å². The van der Waals surface area contributed by atoms with E-state index in [0.717, 1.165) is 5.56 Å². The van der Waals surface area contributed by atoms with Gasteiger partial charge in [-0.2, -0.15) is 0 Å². The van der Waals surface area contributed by atoms with Crippen LogP contribution in [0.1, 0.15) is 47.2 Å². The van der Waals surface area contributed by atoms with E-state index in [4.69, 9.17) is 0 Å². The lowest BCUT2D eigenvalue weighted by Gasteiger charge is -2.12. The molecule has 116 valence electrons. The summed E-state index contributed by atoms with van der Waals surface area (Å²) in [6.07, 6.45) is 0. The number of aryl methyl sites for hydroxylation is 1. The van der Waals surface area contributed by atoms with Crippen LogP contribution in [0.4, 0.5) is 4.39 Å². The second-order valence-corrected chi connectivity index (χ2v) is 6.19. The first-order chi connectivity index (χ1) is 10.4. The fourth-order valence-electron chi connectivity index (χ4n) is 1.95. The Kier molecular flexibility index (Phi) is 5.13. The van der Waals surface area contributed by atoms with Crippen molar-refractivity contribution in [3.8, 4) is 0 Å². The molecule has 1 heterocycles. The Morgan fingerprint density at radius 2 is 2.09 bits per heavy atom. The molecule has 0 aliphatic heterocycles. The lowest BCUT2D eigenvalue weighted by molar-refractivity contribution is 0.0690. The number of aromatic nitrogens is 2. The minimum absolute atomic E-state index is 0.107. The van der Waals surface area contributed by atoms with E-state index in [9.17, 15) is 14.3 Å². The number of nitrogens with zero attached hydrogens (tertiary/aromatic N) is 2. The van der Waals surface area contributed by atoms with Gasteiger partial charge in [-0.3, -0.25) is 0 Å². The highest BCUT2D eigenvalue weighted by Crippen LogP contribution is 2.27. The molecule has 22 heavy (non-hydrogen) atoms. The van der Waals surface area contributed by atoms with E-state index in [1.807, 2.05) is 13.8 Å². The maximum absolute atomic E-state index is 13.2. The normalized spacial score (nSPS) is 11.0. The number of aromatic carboxylic acids is 1. The molecular weight excluding hydrogens is 303 g/mol. The molecule has 0 radical (unpaired) electrons. The Bertz CT molecular complexity index is 705. The molecule has 4 nitrogen and oxygen atoms in total. The molecule has 0 fully saturated rings. The van der Waals surface area contributed by atoms with Crippen LogP contribution in [0.5, 0.6) is 0 Å². The van der Waals surface area contributed by atoms with E-state index < -0.39 is 5.97 Å². The Morgan fingerprint density at radius 3 is 2.68 bits per heavy atom. The summed E-state index contributed by atoms with van der Waals surface area (Å²) in [6, 6.07) is 6.25. The van der Waals surface area contributed by atoms with Gasteiger partial charge in [0.2, 0.25) is 0 Å². The van der Waals surface area contributed by atoms with Crippen molar-refractivity contribution in [2.75, 3.05) is 0 Å². The van der Waals surface area contributed by atoms with Gasteiger partial charge in [-0.15, -0.1) is 11.8 Å². The van der Waals surface area contributed by atoms with E-state index in [1.54, 1.807) is 19.1 Å². The molecule has 0 saturated heterocycles. The van der Waals surface area contributed by atoms with Gasteiger partial charge in [-0.05, 0) is 24.6 Å². The van der Waals surface area contributed by atoms with Crippen LogP contribution >= 0.6 is 11.8 Å². The second-order valence-electron chi connectivity index (χ2n) is 5.23. The van der Waals surface area contributed by atoms with Gasteiger partial charge < -0.3 is 5.11 Å². The molecule has 1 N–H and O–H groups in total. The predicted molar refractivity (Wildman–Crippen MR) is 83.8 cm³/mol. The van der Waals surface area contributed by atoms with E-state index in [0.29, 0.717) is 22.3 Å². The van der Waals surface area contributed by atoms with Crippen molar-refractivity contribution in [2.45, 2.75) is 37.5 Å². The monoisotopic (exact) mass is 320 g/mol. The number of hydrogen-bond donors (Lipinski definition) is 1. The van der Waals surface area contributed by atoms with Crippen LogP contribution in [-0.4, -0.2) is 21.0 Å². The largest absolute Gasteiger partial charge is 0.478 e. The quantitative estimate of drug-likeness (QED) is 0.665. The number of benzene rings is 1. The maximum Gasteiger partial charge on any atom is 0.340 e. The Morgan fingerprint density at radius 1 is 1.36 bits per heavy atom. The summed E-state index contributed by atoms with van der Waals surface area (Å²) in [6.45, 7) is 5.58. The average Bonchev–Trinajstić information content (AvgIpc) is 2.44. The molecule has 0 aliphatic rings. The van der Waals surface area contributed by atoms with E-state index >= 15 is 0 Å². The fourth-order valence-corrected chi connectivity index (χ4v) is 2.98. The molecule has 1 aromatic carbocycles. The Hall–Kier alpha value is -1.95. The topological polar surface area (TPSA) is 63.1 Å². The van der Waals surface area contributed by atoms with Crippen LogP contribution < -0.4 is 0 Å². The van der Waals surface area contributed by atoms with Crippen molar-refractivity contribution in [1.29, 1.82) is 0 Å². The summed E-state index contributed by atoms with van der Waals surface area (Å²) in [5.41, 5.74) is 1.35. The molecule has 0 aliphatic carbocycles. The molecule has 2 rings (SSSR count). The Labute approximate surface area is 132 Å². The van der Waals surface area contributed by atoms with Gasteiger partial charge in [0.15, 0.2) is 0 Å². The molecule has 1 aromatic heterocycles. The number of thioether (sulfide) groups is 1. The highest BCUT2D eigenvalue weighted by molar-refractivity contribution is 7.98. The zero-order chi connectivity index (χ0) is 16.3. The minimum Gasteiger partial charge on any atom is -0.478 e. The fraction of sp³-hybridized carbons (Fsp3) is 0.312. The third-order valence-electron chi connectivity index (χ3n) is 3.07. The number of hydrogen-bond acceptors (Lipinski definition) is 4. The summed E-state index contributed by atoms with van der Waals surface area (Å²) in [4.78, 5) is 20.1. The molecule has 0 unspecified atom stereocenters. The van der Waals surface area contributed by atoms with Crippen LogP contribution in [0.15, 0.2) is 29.3 Å². The van der Waals surface area contributed by atoms with Crippen LogP contribution in [0.3, 0.4) is 0 Å². The highest BCUT2D eigenvalue weighted by atomic mass is 32.2. The first-order valence-electron chi connectivity index (χ1n) is 6.87. The third-order valence-corrected chi connectivity index (χ3v) is 4.12. The van der Waals surface area contributed by atoms with Crippen molar-refractivity contribution >= 4 is 17.7 Å². The summed E-state index contributed by atoms with van der Waals surface area (Å²) in [7, 11) is 0. The smallest absolute Gasteiger partial charge is 0.340 e. The first-order valence-corrected chi connectivity index (χ1v) is 7.86. The maximum atomic E-state index is 13.2. The zero-order valence-electron chi connectivity index (χ0n) is 12.6. The van der Waals surface area contributed by atoms with Gasteiger partial charge in [0.1, 0.15) is 22.2 Å². The van der Waals surface area contributed by atoms with Gasteiger partial charge in [0, 0.05) is 11.7 Å². The molecule has 0 saturated carbocycles. The minimum atomic E-state index is -1.05. The molecule has 0 amide bonds. The standard InChI is InChI=1S/C16H17FN2O2S/c1-9(2)14-18-10(3)13(16(20)21)15(19-14)22-8-11-5-4-6-12(17)7-11/h4-7,9H,8H2,1-3H3,(H,20,21). The van der Waals surface area contributed by atoms with Crippen molar-refractivity contribution < 1.29 is 14.3 Å². The first kappa shape index (κ1) is 16.4. The molecule has 0 bridgehead atoms. The van der Waals surface area contributed by atoms with Crippen molar-refractivity contribution in [1.82, 2.24) is 9.97 Å². The van der Waals surface area contributed by atoms with Crippen molar-refractivity contribution in [3.63, 3.8) is 0 Å². The third kappa shape index (κ3) is 3.82. The summed E-state index contributed by atoms with van der Waals surface area (Å²) >= 11 is 1.28. The van der Waals surface area contributed by atoms with Crippen LogP contribution in [-0.2, 0) is 5.75 Å². The van der Waals surface area contributed by atoms with Gasteiger partial charge in [0.05, 0.1) is 5.69 Å². The summed E-state index contributed by atoms with van der Waals surface area (Å²) < 4.78 is 13.2. The molecule has 0 atom stereocenters. The summed E-state index contributed by atoms with van der Waals surface area (Å²) in [5.74, 6) is -0.182. The Balaban J connectivity index is 2.33. The predicted octanol–water partition coefficient (Wildman–Crippen LogP) is 4.04. The molecular formula is C16H17FN2O2S. The summed E-state index contributed by atoms with van der Waals surface area (Å²) in [5, 5.41) is 9.79. The lowest BCUT2D eigenvalue weighted by Crippen LogP contribution is -2.10. The zero-order valence-corrected chi connectivity index (χ0v) is 13.4. The number of rotatable bonds is 5. The average molecular weight is 320 g/mol. The SMILES string of the molecule is Cc1nc(C(C)C)nc(SCc2cccc(F)c2)c1C(=O)O. The van der Waals surface area contributed by atoms with Crippen molar-refractivity contribution in [2.24, 2.45) is 0 Å². The van der Waals surface area contributed by atoms with Gasteiger partial charge in [-0.25, -0.2) is 19.2 Å². The number of halogens is 1. The van der Waals surface area contributed by atoms with Gasteiger partial charge in [-0.1, -0.05) is 26.0 Å². The second kappa shape index (κ2) is 6.87. The van der Waals surface area contributed by atoms with Gasteiger partial charge >= 0.3 is 5.97 Å². The van der Waals surface area contributed by atoms with Crippen molar-refractivity contribution in [3.05, 3.63) is 52.7 Å². The number of carbonyl (C=O) groups is 1. The number of carboxylic acid groups (broad SMARTS) is 1. The van der Waals surface area contributed by atoms with Crippen LogP contribution in [0.25, 0.3) is 0 Å². The number of carboxylic acids is 1.